The second-order valence-electron chi connectivity index (χ2n) is 7.56. The van der Waals surface area contributed by atoms with Crippen molar-refractivity contribution in [2.24, 2.45) is 5.92 Å². The number of hydrogen-bond acceptors (Lipinski definition) is 8. The molecule has 1 unspecified atom stereocenters. The minimum absolute atomic E-state index is 0.170. The molecule has 1 aliphatic heterocycles. The predicted octanol–water partition coefficient (Wildman–Crippen LogP) is 2.54. The van der Waals surface area contributed by atoms with Crippen LogP contribution in [-0.4, -0.2) is 42.0 Å². The van der Waals surface area contributed by atoms with E-state index in [2.05, 4.69) is 16.4 Å². The number of carbonyl (C=O) groups is 2. The standard InChI is InChI=1S/C23H23N5O4/c1-31-23(30)15-8-10-28(11-9-15)21-20(26-18-6-2-3-7-19(18)27-21)17(13-24)22(29)25-14-16-5-4-12-32-16/h2-7,12,15,17H,8-11,14H2,1H3,(H,25,29). The molecular weight excluding hydrogens is 410 g/mol. The van der Waals surface area contributed by atoms with Crippen molar-refractivity contribution in [3.63, 3.8) is 0 Å². The fraction of sp³-hybridized carbons (Fsp3) is 0.348. The van der Waals surface area contributed by atoms with Gasteiger partial charge >= 0.3 is 5.97 Å². The van der Waals surface area contributed by atoms with Crippen LogP contribution >= 0.6 is 0 Å². The van der Waals surface area contributed by atoms with Crippen LogP contribution in [0.3, 0.4) is 0 Å². The molecule has 0 saturated carbocycles. The van der Waals surface area contributed by atoms with Gasteiger partial charge in [0.2, 0.25) is 5.91 Å². The number of benzene rings is 1. The number of aromatic nitrogens is 2. The van der Waals surface area contributed by atoms with Crippen molar-refractivity contribution in [2.75, 3.05) is 25.1 Å². The quantitative estimate of drug-likeness (QED) is 0.589. The molecule has 3 aromatic rings. The van der Waals surface area contributed by atoms with Gasteiger partial charge in [0, 0.05) is 13.1 Å². The van der Waals surface area contributed by atoms with Crippen LogP contribution in [0.5, 0.6) is 0 Å². The van der Waals surface area contributed by atoms with Crippen molar-refractivity contribution >= 4 is 28.7 Å². The van der Waals surface area contributed by atoms with Crippen molar-refractivity contribution in [1.29, 1.82) is 5.26 Å². The van der Waals surface area contributed by atoms with E-state index in [1.54, 1.807) is 18.2 Å². The molecule has 0 radical (unpaired) electrons. The highest BCUT2D eigenvalue weighted by Gasteiger charge is 2.32. The number of methoxy groups -OCH3 is 1. The minimum Gasteiger partial charge on any atom is -0.469 e. The van der Waals surface area contributed by atoms with Crippen LogP contribution in [0.4, 0.5) is 5.82 Å². The summed E-state index contributed by atoms with van der Waals surface area (Å²) in [6.07, 6.45) is 2.72. The first-order chi connectivity index (χ1) is 15.6. The Morgan fingerprint density at radius 3 is 2.56 bits per heavy atom. The van der Waals surface area contributed by atoms with Gasteiger partial charge in [-0.2, -0.15) is 5.26 Å². The highest BCUT2D eigenvalue weighted by molar-refractivity contribution is 5.88. The molecule has 1 aliphatic rings. The van der Waals surface area contributed by atoms with Crippen molar-refractivity contribution < 1.29 is 18.7 Å². The van der Waals surface area contributed by atoms with Crippen molar-refractivity contribution in [1.82, 2.24) is 15.3 Å². The van der Waals surface area contributed by atoms with Gasteiger partial charge in [0.1, 0.15) is 11.5 Å². The summed E-state index contributed by atoms with van der Waals surface area (Å²) in [5, 5.41) is 12.6. The first-order valence-electron chi connectivity index (χ1n) is 10.4. The number of piperidine rings is 1. The number of nitriles is 1. The zero-order valence-electron chi connectivity index (χ0n) is 17.7. The first kappa shape index (κ1) is 21.3. The minimum atomic E-state index is -1.14. The number of fused-ring (bicyclic) bond motifs is 1. The summed E-state index contributed by atoms with van der Waals surface area (Å²) in [6.45, 7) is 1.27. The normalized spacial score (nSPS) is 15.2. The van der Waals surface area contributed by atoms with Gasteiger partial charge in [-0.15, -0.1) is 0 Å². The maximum Gasteiger partial charge on any atom is 0.308 e. The predicted molar refractivity (Wildman–Crippen MR) is 115 cm³/mol. The SMILES string of the molecule is COC(=O)C1CCN(c2nc3ccccc3nc2C(C#N)C(=O)NCc2ccco2)CC1. The van der Waals surface area contributed by atoms with Gasteiger partial charge in [-0.3, -0.25) is 9.59 Å². The highest BCUT2D eigenvalue weighted by Crippen LogP contribution is 2.30. The number of nitrogens with zero attached hydrogens (tertiary/aromatic N) is 4. The number of rotatable bonds is 6. The van der Waals surface area contributed by atoms with Crippen molar-refractivity contribution in [3.05, 3.63) is 54.1 Å². The molecule has 4 rings (SSSR count). The molecule has 0 aliphatic carbocycles. The molecule has 9 heteroatoms. The Hall–Kier alpha value is -3.93. The van der Waals surface area contributed by atoms with E-state index in [1.165, 1.54) is 13.4 Å². The zero-order chi connectivity index (χ0) is 22.5. The molecule has 9 nitrogen and oxygen atoms in total. The van der Waals surface area contributed by atoms with Crippen LogP contribution in [0.25, 0.3) is 11.0 Å². The Morgan fingerprint density at radius 2 is 1.94 bits per heavy atom. The monoisotopic (exact) mass is 433 g/mol. The van der Waals surface area contributed by atoms with Gasteiger partial charge in [-0.05, 0) is 37.1 Å². The number of hydrogen-bond donors (Lipinski definition) is 1. The summed E-state index contributed by atoms with van der Waals surface area (Å²) in [6, 6.07) is 12.9. The van der Waals surface area contributed by atoms with Gasteiger partial charge in [0.15, 0.2) is 11.7 Å². The lowest BCUT2D eigenvalue weighted by atomic mass is 9.96. The van der Waals surface area contributed by atoms with Gasteiger partial charge < -0.3 is 19.4 Å². The number of para-hydroxylation sites is 2. The van der Waals surface area contributed by atoms with E-state index in [0.29, 0.717) is 54.2 Å². The third kappa shape index (κ3) is 4.39. The van der Waals surface area contributed by atoms with Crippen molar-refractivity contribution in [2.45, 2.75) is 25.3 Å². The largest absolute Gasteiger partial charge is 0.469 e. The molecule has 2 aromatic heterocycles. The second-order valence-corrected chi connectivity index (χ2v) is 7.56. The molecule has 1 fully saturated rings. The number of nitrogens with one attached hydrogen (secondary N) is 1. The Morgan fingerprint density at radius 1 is 1.22 bits per heavy atom. The Kier molecular flexibility index (Phi) is 6.31. The van der Waals surface area contributed by atoms with Crippen LogP contribution in [0.1, 0.15) is 30.2 Å². The molecule has 164 valence electrons. The lowest BCUT2D eigenvalue weighted by Gasteiger charge is -2.33. The Labute approximate surface area is 185 Å². The van der Waals surface area contributed by atoms with E-state index in [0.717, 1.165) is 0 Å². The summed E-state index contributed by atoms with van der Waals surface area (Å²) >= 11 is 0. The van der Waals surface area contributed by atoms with E-state index < -0.39 is 11.8 Å². The third-order valence-electron chi connectivity index (χ3n) is 5.59. The number of ether oxygens (including phenoxy) is 1. The van der Waals surface area contributed by atoms with E-state index >= 15 is 0 Å². The number of anilines is 1. The third-order valence-corrected chi connectivity index (χ3v) is 5.59. The van der Waals surface area contributed by atoms with Gasteiger partial charge in [0.25, 0.3) is 0 Å². The summed E-state index contributed by atoms with van der Waals surface area (Å²) in [5.74, 6) is -0.927. The number of furan rings is 1. The molecule has 1 N–H and O–H groups in total. The lowest BCUT2D eigenvalue weighted by molar-refractivity contribution is -0.146. The Bertz CT molecular complexity index is 1150. The second kappa shape index (κ2) is 9.47. The molecule has 1 amide bonds. The van der Waals surface area contributed by atoms with E-state index in [9.17, 15) is 14.9 Å². The summed E-state index contributed by atoms with van der Waals surface area (Å²) < 4.78 is 10.1. The van der Waals surface area contributed by atoms with Crippen LogP contribution in [-0.2, 0) is 20.9 Å². The number of amides is 1. The van der Waals surface area contributed by atoms with Gasteiger partial charge in [0.05, 0.1) is 42.9 Å². The Balaban J connectivity index is 1.64. The van der Waals surface area contributed by atoms with Crippen molar-refractivity contribution in [3.8, 4) is 6.07 Å². The van der Waals surface area contributed by atoms with Gasteiger partial charge in [-0.1, -0.05) is 12.1 Å². The van der Waals surface area contributed by atoms with Crippen LogP contribution in [0, 0.1) is 17.2 Å². The van der Waals surface area contributed by atoms with Crippen LogP contribution in [0.2, 0.25) is 0 Å². The maximum absolute atomic E-state index is 12.9. The molecule has 1 atom stereocenters. The summed E-state index contributed by atoms with van der Waals surface area (Å²) in [7, 11) is 1.39. The molecule has 1 aromatic carbocycles. The number of carbonyl (C=O) groups excluding carboxylic acids is 2. The highest BCUT2D eigenvalue weighted by atomic mass is 16.5. The lowest BCUT2D eigenvalue weighted by Crippen LogP contribution is -2.39. The molecule has 0 bridgehead atoms. The molecule has 1 saturated heterocycles. The number of esters is 1. The van der Waals surface area contributed by atoms with Crippen LogP contribution in [0.15, 0.2) is 47.1 Å². The van der Waals surface area contributed by atoms with E-state index in [4.69, 9.17) is 14.1 Å². The summed E-state index contributed by atoms with van der Waals surface area (Å²) in [5.41, 5.74) is 1.59. The van der Waals surface area contributed by atoms with E-state index in [1.807, 2.05) is 23.1 Å². The maximum atomic E-state index is 12.9. The van der Waals surface area contributed by atoms with Crippen LogP contribution < -0.4 is 10.2 Å². The molecule has 32 heavy (non-hydrogen) atoms. The average molecular weight is 433 g/mol. The fourth-order valence-electron chi connectivity index (χ4n) is 3.86. The molecular formula is C23H23N5O4. The summed E-state index contributed by atoms with van der Waals surface area (Å²) in [4.78, 5) is 36.2. The molecule has 0 spiro atoms. The smallest absolute Gasteiger partial charge is 0.308 e. The van der Waals surface area contributed by atoms with E-state index in [-0.39, 0.29) is 18.4 Å². The fourth-order valence-corrected chi connectivity index (χ4v) is 3.86. The van der Waals surface area contributed by atoms with Gasteiger partial charge in [-0.25, -0.2) is 9.97 Å². The molecule has 3 heterocycles. The topological polar surface area (TPSA) is 121 Å². The average Bonchev–Trinajstić information content (AvgIpc) is 3.36. The zero-order valence-corrected chi connectivity index (χ0v) is 17.7. The first-order valence-corrected chi connectivity index (χ1v) is 10.4.